The maximum absolute atomic E-state index is 12.4. The molecule has 0 aliphatic carbocycles. The number of halogens is 1. The highest BCUT2D eigenvalue weighted by Crippen LogP contribution is 2.48. The van der Waals surface area contributed by atoms with Crippen molar-refractivity contribution in [2.45, 2.75) is 18.7 Å². The van der Waals surface area contributed by atoms with Gasteiger partial charge in [-0.05, 0) is 12.1 Å². The first-order chi connectivity index (χ1) is 10.2. The molecule has 0 heterocycles. The molecule has 0 saturated heterocycles. The molecule has 0 aliphatic heterocycles. The minimum absolute atomic E-state index is 0.0387. The standard InChI is InChI=1S/C12H19ClNO6PS/c1-5-14(6-2)22(16,17)12-8-7-10(9-11(12)13)20-21(15,18-3)19-4/h7-9H,5-6H2,1-4H3. The molecule has 1 aromatic carbocycles. The van der Waals surface area contributed by atoms with Crippen molar-refractivity contribution in [1.29, 1.82) is 0 Å². The van der Waals surface area contributed by atoms with Crippen LogP contribution in [0.5, 0.6) is 5.75 Å². The minimum atomic E-state index is -3.73. The van der Waals surface area contributed by atoms with E-state index in [1.54, 1.807) is 13.8 Å². The molecule has 126 valence electrons. The Kier molecular flexibility index (Phi) is 6.85. The van der Waals surface area contributed by atoms with Crippen LogP contribution in [-0.4, -0.2) is 40.0 Å². The zero-order chi connectivity index (χ0) is 17.0. The van der Waals surface area contributed by atoms with Crippen LogP contribution >= 0.6 is 19.4 Å². The van der Waals surface area contributed by atoms with Crippen molar-refractivity contribution < 1.29 is 26.6 Å². The molecule has 1 aromatic rings. The van der Waals surface area contributed by atoms with E-state index in [2.05, 4.69) is 9.05 Å². The molecule has 0 radical (unpaired) electrons. The Morgan fingerprint density at radius 1 is 1.18 bits per heavy atom. The summed E-state index contributed by atoms with van der Waals surface area (Å²) < 4.78 is 52.4. The van der Waals surface area contributed by atoms with Gasteiger partial charge in [-0.25, -0.2) is 13.0 Å². The molecule has 0 N–H and O–H groups in total. The predicted molar refractivity (Wildman–Crippen MR) is 83.8 cm³/mol. The van der Waals surface area contributed by atoms with Crippen LogP contribution in [-0.2, 0) is 23.6 Å². The van der Waals surface area contributed by atoms with Crippen molar-refractivity contribution in [2.75, 3.05) is 27.3 Å². The predicted octanol–water partition coefficient (Wildman–Crippen LogP) is 3.15. The average Bonchev–Trinajstić information content (AvgIpc) is 2.47. The number of hydrogen-bond donors (Lipinski definition) is 0. The Morgan fingerprint density at radius 3 is 2.14 bits per heavy atom. The summed E-state index contributed by atoms with van der Waals surface area (Å²) in [6, 6.07) is 3.89. The first kappa shape index (κ1) is 19.4. The number of rotatable bonds is 8. The molecular formula is C12H19ClNO6PS. The molecule has 10 heteroatoms. The Morgan fingerprint density at radius 2 is 1.73 bits per heavy atom. The van der Waals surface area contributed by atoms with E-state index in [4.69, 9.17) is 16.1 Å². The lowest BCUT2D eigenvalue weighted by molar-refractivity contribution is 0.211. The highest BCUT2D eigenvalue weighted by molar-refractivity contribution is 7.89. The van der Waals surface area contributed by atoms with Crippen LogP contribution in [0.1, 0.15) is 13.8 Å². The Labute approximate surface area is 135 Å². The van der Waals surface area contributed by atoms with E-state index in [-0.39, 0.29) is 15.7 Å². The first-order valence-corrected chi connectivity index (χ1v) is 9.72. The van der Waals surface area contributed by atoms with E-state index in [0.717, 1.165) is 0 Å². The summed E-state index contributed by atoms with van der Waals surface area (Å²) in [6.07, 6.45) is 0. The van der Waals surface area contributed by atoms with Gasteiger partial charge in [-0.3, -0.25) is 9.05 Å². The number of hydrogen-bond acceptors (Lipinski definition) is 6. The SMILES string of the molecule is CCN(CC)S(=O)(=O)c1ccc(OP(=O)(OC)OC)cc1Cl. The third-order valence-electron chi connectivity index (χ3n) is 2.89. The largest absolute Gasteiger partial charge is 0.529 e. The van der Waals surface area contributed by atoms with E-state index in [1.807, 2.05) is 0 Å². The number of nitrogens with zero attached hydrogens (tertiary/aromatic N) is 1. The fourth-order valence-electron chi connectivity index (χ4n) is 1.73. The van der Waals surface area contributed by atoms with Crippen LogP contribution < -0.4 is 4.52 Å². The van der Waals surface area contributed by atoms with Crippen molar-refractivity contribution in [3.8, 4) is 5.75 Å². The smallest absolute Gasteiger partial charge is 0.404 e. The number of benzene rings is 1. The summed E-state index contributed by atoms with van der Waals surface area (Å²) >= 11 is 6.03. The maximum Gasteiger partial charge on any atom is 0.529 e. The maximum atomic E-state index is 12.4. The Bertz CT molecular complexity index is 654. The van der Waals surface area contributed by atoms with Crippen LogP contribution in [0, 0.1) is 0 Å². The summed E-state index contributed by atoms with van der Waals surface area (Å²) in [5.74, 6) is 0.0792. The van der Waals surface area contributed by atoms with Gasteiger partial charge < -0.3 is 4.52 Å². The van der Waals surface area contributed by atoms with Crippen molar-refractivity contribution in [1.82, 2.24) is 4.31 Å². The Balaban J connectivity index is 3.17. The van der Waals surface area contributed by atoms with Crippen LogP contribution in [0.4, 0.5) is 0 Å². The molecule has 22 heavy (non-hydrogen) atoms. The fraction of sp³-hybridized carbons (Fsp3) is 0.500. The fourth-order valence-corrected chi connectivity index (χ4v) is 4.36. The third kappa shape index (κ3) is 4.22. The van der Waals surface area contributed by atoms with Gasteiger partial charge in [-0.1, -0.05) is 25.4 Å². The zero-order valence-electron chi connectivity index (χ0n) is 12.8. The molecule has 0 bridgehead atoms. The van der Waals surface area contributed by atoms with Crippen LogP contribution in [0.3, 0.4) is 0 Å². The van der Waals surface area contributed by atoms with Gasteiger partial charge in [0.1, 0.15) is 10.6 Å². The van der Waals surface area contributed by atoms with Crippen LogP contribution in [0.2, 0.25) is 5.02 Å². The summed E-state index contributed by atoms with van der Waals surface area (Å²) in [5, 5.41) is -0.0387. The lowest BCUT2D eigenvalue weighted by atomic mass is 10.3. The van der Waals surface area contributed by atoms with Crippen LogP contribution in [0.25, 0.3) is 0 Å². The second-order valence-corrected chi connectivity index (χ2v) is 8.21. The van der Waals surface area contributed by atoms with Gasteiger partial charge in [0, 0.05) is 33.4 Å². The van der Waals surface area contributed by atoms with Gasteiger partial charge in [0.15, 0.2) is 0 Å². The number of phosphoric ester groups is 1. The molecule has 0 unspecified atom stereocenters. The van der Waals surface area contributed by atoms with Gasteiger partial charge in [0.2, 0.25) is 10.0 Å². The third-order valence-corrected chi connectivity index (χ3v) is 6.75. The second kappa shape index (κ2) is 7.77. The lowest BCUT2D eigenvalue weighted by Crippen LogP contribution is -2.30. The summed E-state index contributed by atoms with van der Waals surface area (Å²) in [5.41, 5.74) is 0. The highest BCUT2D eigenvalue weighted by atomic mass is 35.5. The van der Waals surface area contributed by atoms with Crippen molar-refractivity contribution in [2.24, 2.45) is 0 Å². The molecule has 0 spiro atoms. The molecule has 0 atom stereocenters. The molecule has 1 rings (SSSR count). The molecule has 0 fully saturated rings. The van der Waals surface area contributed by atoms with E-state index < -0.39 is 17.8 Å². The summed E-state index contributed by atoms with van der Waals surface area (Å²) in [6.45, 7) is 4.13. The molecule has 7 nitrogen and oxygen atoms in total. The minimum Gasteiger partial charge on any atom is -0.404 e. The number of phosphoric acid groups is 1. The van der Waals surface area contributed by atoms with Gasteiger partial charge in [0.25, 0.3) is 0 Å². The quantitative estimate of drug-likeness (QED) is 0.653. The van der Waals surface area contributed by atoms with E-state index >= 15 is 0 Å². The summed E-state index contributed by atoms with van der Waals surface area (Å²) in [4.78, 5) is -0.0464. The molecule has 0 aliphatic rings. The zero-order valence-corrected chi connectivity index (χ0v) is 15.2. The van der Waals surface area contributed by atoms with E-state index in [1.165, 1.54) is 36.7 Å². The highest BCUT2D eigenvalue weighted by Gasteiger charge is 2.27. The van der Waals surface area contributed by atoms with Crippen LogP contribution in [0.15, 0.2) is 23.1 Å². The molecule has 0 amide bonds. The lowest BCUT2D eigenvalue weighted by Gasteiger charge is -2.20. The first-order valence-electron chi connectivity index (χ1n) is 6.44. The van der Waals surface area contributed by atoms with Gasteiger partial charge >= 0.3 is 7.82 Å². The van der Waals surface area contributed by atoms with Gasteiger partial charge in [-0.15, -0.1) is 0 Å². The molecule has 0 aromatic heterocycles. The molecule has 0 saturated carbocycles. The topological polar surface area (TPSA) is 82.1 Å². The summed E-state index contributed by atoms with van der Waals surface area (Å²) in [7, 11) is -5.07. The van der Waals surface area contributed by atoms with Crippen molar-refractivity contribution in [3.63, 3.8) is 0 Å². The van der Waals surface area contributed by atoms with Gasteiger partial charge in [0.05, 0.1) is 5.02 Å². The number of sulfonamides is 1. The normalized spacial score (nSPS) is 12.6. The van der Waals surface area contributed by atoms with Gasteiger partial charge in [-0.2, -0.15) is 4.31 Å². The molecular weight excluding hydrogens is 353 g/mol. The van der Waals surface area contributed by atoms with Crippen molar-refractivity contribution >= 4 is 29.4 Å². The van der Waals surface area contributed by atoms with E-state index in [0.29, 0.717) is 13.1 Å². The monoisotopic (exact) mass is 371 g/mol. The average molecular weight is 372 g/mol. The van der Waals surface area contributed by atoms with Crippen molar-refractivity contribution in [3.05, 3.63) is 23.2 Å². The Hall–Kier alpha value is -0.630. The second-order valence-electron chi connectivity index (χ2n) is 4.09. The van der Waals surface area contributed by atoms with E-state index in [9.17, 15) is 13.0 Å².